The van der Waals surface area contributed by atoms with Gasteiger partial charge in [0, 0.05) is 5.92 Å². The third-order valence-corrected chi connectivity index (χ3v) is 13.7. The quantitative estimate of drug-likeness (QED) is 0.287. The Morgan fingerprint density at radius 2 is 1.29 bits per heavy atom. The number of rotatable bonds is 8. The monoisotopic (exact) mass is 656 g/mol. The average molecular weight is 657 g/mol. The van der Waals surface area contributed by atoms with Crippen LogP contribution in [0.15, 0.2) is 36.4 Å². The summed E-state index contributed by atoms with van der Waals surface area (Å²) < 4.78 is 12.2. The van der Waals surface area contributed by atoms with Crippen molar-refractivity contribution in [1.29, 1.82) is 0 Å². The van der Waals surface area contributed by atoms with Gasteiger partial charge in [-0.2, -0.15) is 0 Å². The van der Waals surface area contributed by atoms with E-state index in [1.54, 1.807) is 0 Å². The SMILES string of the molecule is CC(C)c1ccc2c(c1)CCC1C(C)(OC(=O)CC(O)COC(=O)C3(C)CCCC4(C)c5ccc(C(C)C)cc5CCC34)CCCC21C. The van der Waals surface area contributed by atoms with E-state index >= 15 is 0 Å². The topological polar surface area (TPSA) is 72.8 Å². The van der Waals surface area contributed by atoms with Crippen molar-refractivity contribution in [2.45, 2.75) is 160 Å². The number of hydrogen-bond acceptors (Lipinski definition) is 5. The Bertz CT molecular complexity index is 1540. The van der Waals surface area contributed by atoms with Crippen LogP contribution < -0.4 is 0 Å². The van der Waals surface area contributed by atoms with Crippen LogP contribution in [-0.2, 0) is 42.7 Å². The fourth-order valence-corrected chi connectivity index (χ4v) is 10.9. The second-order valence-electron chi connectivity index (χ2n) is 17.5. The fraction of sp³-hybridized carbons (Fsp3) is 0.674. The van der Waals surface area contributed by atoms with Crippen LogP contribution in [0.5, 0.6) is 0 Å². The number of aliphatic hydroxyl groups excluding tert-OH is 1. The van der Waals surface area contributed by atoms with Crippen LogP contribution in [0.3, 0.4) is 0 Å². The first-order valence-corrected chi connectivity index (χ1v) is 18.9. The van der Waals surface area contributed by atoms with Gasteiger partial charge in [-0.3, -0.25) is 9.59 Å². The van der Waals surface area contributed by atoms with Crippen LogP contribution in [0.25, 0.3) is 0 Å². The van der Waals surface area contributed by atoms with Crippen molar-refractivity contribution >= 4 is 11.9 Å². The summed E-state index contributed by atoms with van der Waals surface area (Å²) in [6.07, 6.45) is 8.32. The van der Waals surface area contributed by atoms with Crippen molar-refractivity contribution in [3.63, 3.8) is 0 Å². The highest BCUT2D eigenvalue weighted by Crippen LogP contribution is 2.58. The highest BCUT2D eigenvalue weighted by atomic mass is 16.6. The molecule has 0 heterocycles. The van der Waals surface area contributed by atoms with Gasteiger partial charge in [0.2, 0.25) is 0 Å². The summed E-state index contributed by atoms with van der Waals surface area (Å²) >= 11 is 0. The first kappa shape index (κ1) is 35.2. The van der Waals surface area contributed by atoms with E-state index in [4.69, 9.17) is 9.47 Å². The summed E-state index contributed by atoms with van der Waals surface area (Å²) in [5, 5.41) is 11.0. The predicted molar refractivity (Wildman–Crippen MR) is 191 cm³/mol. The lowest BCUT2D eigenvalue weighted by molar-refractivity contribution is -0.179. The van der Waals surface area contributed by atoms with Crippen molar-refractivity contribution in [2.75, 3.05) is 6.61 Å². The van der Waals surface area contributed by atoms with Gasteiger partial charge in [0.25, 0.3) is 0 Å². The zero-order valence-corrected chi connectivity index (χ0v) is 30.9. The molecule has 2 fully saturated rings. The molecule has 0 bridgehead atoms. The van der Waals surface area contributed by atoms with Gasteiger partial charge >= 0.3 is 11.9 Å². The maximum atomic E-state index is 13.8. The van der Waals surface area contributed by atoms with Gasteiger partial charge in [-0.1, -0.05) is 84.4 Å². The minimum Gasteiger partial charge on any atom is -0.462 e. The van der Waals surface area contributed by atoms with Crippen LogP contribution >= 0.6 is 0 Å². The van der Waals surface area contributed by atoms with Crippen molar-refractivity contribution in [1.82, 2.24) is 0 Å². The van der Waals surface area contributed by atoms with Gasteiger partial charge in [-0.05, 0) is 134 Å². The Labute approximate surface area is 289 Å². The van der Waals surface area contributed by atoms with Gasteiger partial charge in [0.15, 0.2) is 0 Å². The number of ether oxygens (including phenoxy) is 2. The smallest absolute Gasteiger partial charge is 0.312 e. The molecule has 2 aromatic rings. The van der Waals surface area contributed by atoms with E-state index < -0.39 is 23.1 Å². The van der Waals surface area contributed by atoms with Gasteiger partial charge in [-0.15, -0.1) is 0 Å². The van der Waals surface area contributed by atoms with Crippen LogP contribution in [0.1, 0.15) is 158 Å². The Kier molecular flexibility index (Phi) is 9.46. The standard InChI is InChI=1S/C43H60O5/c1-27(2)29-11-15-34-31(23-29)13-17-36-40(34,5)19-9-21-42(36,7)39(46)47-26-33(44)25-38(45)48-43(8)22-10-20-41(6)35-16-12-30(28(3)4)24-32(35)14-18-37(41)43/h11-12,15-16,23-24,27-28,33,36-37,44H,9-10,13-14,17-22,25-26H2,1-8H3. The summed E-state index contributed by atoms with van der Waals surface area (Å²) in [5.74, 6) is 0.719. The largest absolute Gasteiger partial charge is 0.462 e. The van der Waals surface area contributed by atoms with Crippen LogP contribution in [-0.4, -0.2) is 35.4 Å². The third-order valence-electron chi connectivity index (χ3n) is 13.7. The molecule has 262 valence electrons. The van der Waals surface area contributed by atoms with Crippen molar-refractivity contribution in [3.8, 4) is 0 Å². The number of esters is 2. The third kappa shape index (κ3) is 6.05. The Morgan fingerprint density at radius 1 is 0.771 bits per heavy atom. The van der Waals surface area contributed by atoms with Gasteiger partial charge in [0.1, 0.15) is 12.2 Å². The van der Waals surface area contributed by atoms with E-state index in [0.717, 1.165) is 64.2 Å². The molecule has 4 aliphatic carbocycles. The second-order valence-corrected chi connectivity index (χ2v) is 17.5. The van der Waals surface area contributed by atoms with E-state index in [9.17, 15) is 14.7 Å². The normalized spacial score (nSPS) is 33.2. The molecule has 0 aliphatic heterocycles. The van der Waals surface area contributed by atoms with Crippen molar-refractivity contribution < 1.29 is 24.2 Å². The van der Waals surface area contributed by atoms with E-state index in [-0.39, 0.29) is 41.7 Å². The van der Waals surface area contributed by atoms with E-state index in [0.29, 0.717) is 11.8 Å². The number of aryl methyl sites for hydroxylation is 2. The molecule has 5 heteroatoms. The Hall–Kier alpha value is -2.66. The lowest BCUT2D eigenvalue weighted by atomic mass is 9.49. The molecule has 7 atom stereocenters. The highest BCUT2D eigenvalue weighted by Gasteiger charge is 2.56. The number of carbonyl (C=O) groups is 2. The molecular weight excluding hydrogens is 596 g/mol. The molecule has 6 rings (SSSR count). The summed E-state index contributed by atoms with van der Waals surface area (Å²) in [4.78, 5) is 27.2. The van der Waals surface area contributed by atoms with Crippen molar-refractivity contribution in [3.05, 3.63) is 69.8 Å². The molecule has 5 nitrogen and oxygen atoms in total. The summed E-state index contributed by atoms with van der Waals surface area (Å²) in [6.45, 7) is 17.6. The molecule has 48 heavy (non-hydrogen) atoms. The fourth-order valence-electron chi connectivity index (χ4n) is 10.9. The molecule has 0 amide bonds. The molecule has 1 N–H and O–H groups in total. The average Bonchev–Trinajstić information content (AvgIpc) is 3.02. The zero-order valence-electron chi connectivity index (χ0n) is 30.9. The lowest BCUT2D eigenvalue weighted by Gasteiger charge is -2.54. The maximum absolute atomic E-state index is 13.8. The summed E-state index contributed by atoms with van der Waals surface area (Å²) in [5.41, 5.74) is 7.06. The highest BCUT2D eigenvalue weighted by molar-refractivity contribution is 5.78. The molecule has 7 unspecified atom stereocenters. The minimum absolute atomic E-state index is 0.0508. The molecule has 2 saturated carbocycles. The predicted octanol–water partition coefficient (Wildman–Crippen LogP) is 9.24. The first-order chi connectivity index (χ1) is 22.6. The number of fused-ring (bicyclic) bond motifs is 6. The van der Waals surface area contributed by atoms with Gasteiger partial charge < -0.3 is 14.6 Å². The second kappa shape index (κ2) is 12.9. The van der Waals surface area contributed by atoms with Crippen molar-refractivity contribution in [2.24, 2.45) is 17.3 Å². The zero-order chi connectivity index (χ0) is 34.6. The molecule has 0 spiro atoms. The summed E-state index contributed by atoms with van der Waals surface area (Å²) in [6, 6.07) is 13.9. The van der Waals surface area contributed by atoms with Gasteiger partial charge in [0.05, 0.1) is 17.9 Å². The van der Waals surface area contributed by atoms with Gasteiger partial charge in [-0.25, -0.2) is 0 Å². The number of aliphatic hydroxyl groups is 1. The molecule has 0 aromatic heterocycles. The Morgan fingerprint density at radius 3 is 1.85 bits per heavy atom. The number of carbonyl (C=O) groups excluding carboxylic acids is 2. The van der Waals surface area contributed by atoms with Crippen LogP contribution in [0, 0.1) is 17.3 Å². The lowest BCUT2D eigenvalue weighted by Crippen LogP contribution is -2.55. The number of hydrogen-bond donors (Lipinski definition) is 1. The molecule has 0 radical (unpaired) electrons. The molecule has 4 aliphatic rings. The minimum atomic E-state index is -1.10. The maximum Gasteiger partial charge on any atom is 0.312 e. The molecule has 2 aromatic carbocycles. The van der Waals surface area contributed by atoms with Crippen LogP contribution in [0.2, 0.25) is 0 Å². The molecular formula is C43H60O5. The molecule has 0 saturated heterocycles. The van der Waals surface area contributed by atoms with E-state index in [1.165, 1.54) is 33.4 Å². The van der Waals surface area contributed by atoms with E-state index in [1.807, 2.05) is 0 Å². The summed E-state index contributed by atoms with van der Waals surface area (Å²) in [7, 11) is 0. The Balaban J connectivity index is 1.08. The first-order valence-electron chi connectivity index (χ1n) is 18.9. The van der Waals surface area contributed by atoms with E-state index in [2.05, 4.69) is 91.8 Å². The van der Waals surface area contributed by atoms with Crippen LogP contribution in [0.4, 0.5) is 0 Å². The number of benzene rings is 2.